The van der Waals surface area contributed by atoms with Gasteiger partial charge in [-0.2, -0.15) is 0 Å². The van der Waals surface area contributed by atoms with Gasteiger partial charge in [-0.15, -0.1) is 0 Å². The molecule has 1 amide bonds. The van der Waals surface area contributed by atoms with Crippen LogP contribution in [0.25, 0.3) is 0 Å². The van der Waals surface area contributed by atoms with Crippen LogP contribution < -0.4 is 5.32 Å². The molecule has 0 spiro atoms. The van der Waals surface area contributed by atoms with E-state index in [2.05, 4.69) is 16.4 Å². The van der Waals surface area contributed by atoms with Gasteiger partial charge < -0.3 is 10.2 Å². The van der Waals surface area contributed by atoms with Gasteiger partial charge in [0.05, 0.1) is 6.04 Å². The lowest BCUT2D eigenvalue weighted by Crippen LogP contribution is -2.26. The summed E-state index contributed by atoms with van der Waals surface area (Å²) in [4.78, 5) is 17.6. The fourth-order valence-electron chi connectivity index (χ4n) is 3.50. The molecule has 0 unspecified atom stereocenters. The molecule has 20 heavy (non-hydrogen) atoms. The molecule has 1 N–H and O–H groups in total. The van der Waals surface area contributed by atoms with Gasteiger partial charge in [-0.3, -0.25) is 4.79 Å². The highest BCUT2D eigenvalue weighted by Gasteiger charge is 2.27. The molecule has 4 nitrogen and oxygen atoms in total. The third-order valence-corrected chi connectivity index (χ3v) is 4.57. The number of nitrogens with one attached hydrogen (secondary N) is 1. The molecule has 0 aromatic carbocycles. The Kier molecular flexibility index (Phi) is 4.19. The zero-order valence-corrected chi connectivity index (χ0v) is 11.9. The largest absolute Gasteiger partial charge is 0.367 e. The summed E-state index contributed by atoms with van der Waals surface area (Å²) in [5.74, 6) is 0.984. The summed E-state index contributed by atoms with van der Waals surface area (Å²) in [6.07, 6.45) is 11.4. The molecule has 1 aliphatic heterocycles. The first-order valence-corrected chi connectivity index (χ1v) is 7.81. The van der Waals surface area contributed by atoms with Gasteiger partial charge >= 0.3 is 0 Å². The summed E-state index contributed by atoms with van der Waals surface area (Å²) in [5, 5.41) is 3.62. The van der Waals surface area contributed by atoms with Crippen LogP contribution in [-0.2, 0) is 4.79 Å². The van der Waals surface area contributed by atoms with Gasteiger partial charge in [0.25, 0.3) is 0 Å². The first-order chi connectivity index (χ1) is 9.88. The number of likely N-dealkylation sites (tertiary alicyclic amines) is 1. The molecule has 1 atom stereocenters. The number of hydrogen-bond acceptors (Lipinski definition) is 3. The summed E-state index contributed by atoms with van der Waals surface area (Å²) in [6, 6.07) is 4.84. The lowest BCUT2D eigenvalue weighted by molar-refractivity contribution is -0.118. The van der Waals surface area contributed by atoms with Crippen LogP contribution in [0.1, 0.15) is 56.6 Å². The molecule has 1 aromatic rings. The minimum Gasteiger partial charge on any atom is -0.367 e. The average Bonchev–Trinajstić information content (AvgIpc) is 2.97. The van der Waals surface area contributed by atoms with Crippen molar-refractivity contribution < 1.29 is 4.79 Å². The highest BCUT2D eigenvalue weighted by atomic mass is 16.1. The zero-order valence-electron chi connectivity index (χ0n) is 11.9. The van der Waals surface area contributed by atoms with E-state index in [0.29, 0.717) is 6.04 Å². The first kappa shape index (κ1) is 13.4. The van der Waals surface area contributed by atoms with Gasteiger partial charge in [0.1, 0.15) is 5.82 Å². The molecule has 108 valence electrons. The zero-order chi connectivity index (χ0) is 13.8. The lowest BCUT2D eigenvalue weighted by atomic mass is 9.95. The second-order valence-corrected chi connectivity index (χ2v) is 5.92. The number of amides is 1. The Labute approximate surface area is 120 Å². The predicted octanol–water partition coefficient (Wildman–Crippen LogP) is 3.12. The molecule has 3 rings (SSSR count). The van der Waals surface area contributed by atoms with E-state index in [-0.39, 0.29) is 6.04 Å². The topological polar surface area (TPSA) is 45.2 Å². The van der Waals surface area contributed by atoms with Gasteiger partial charge in [-0.05, 0) is 31.7 Å². The van der Waals surface area contributed by atoms with Crippen molar-refractivity contribution in [2.24, 2.45) is 0 Å². The molecule has 1 saturated carbocycles. The predicted molar refractivity (Wildman–Crippen MR) is 79.5 cm³/mol. The Hall–Kier alpha value is -1.58. The first-order valence-electron chi connectivity index (χ1n) is 7.81. The van der Waals surface area contributed by atoms with Crippen molar-refractivity contribution in [2.45, 2.75) is 57.0 Å². The molecule has 0 bridgehead atoms. The van der Waals surface area contributed by atoms with Crippen LogP contribution >= 0.6 is 0 Å². The molecule has 1 saturated heterocycles. The molecule has 0 radical (unpaired) electrons. The van der Waals surface area contributed by atoms with E-state index in [4.69, 9.17) is 0 Å². The number of anilines is 1. The summed E-state index contributed by atoms with van der Waals surface area (Å²) in [7, 11) is 0. The van der Waals surface area contributed by atoms with Gasteiger partial charge in [-0.25, -0.2) is 4.98 Å². The van der Waals surface area contributed by atoms with Crippen molar-refractivity contribution in [2.75, 3.05) is 11.9 Å². The SMILES string of the molecule is O=CN1CCC[C@@H]1c1cccnc1NC1CCCCC1. The maximum absolute atomic E-state index is 11.2. The normalized spacial score (nSPS) is 23.8. The highest BCUT2D eigenvalue weighted by molar-refractivity contribution is 5.53. The third-order valence-electron chi connectivity index (χ3n) is 4.57. The maximum atomic E-state index is 11.2. The fourth-order valence-corrected chi connectivity index (χ4v) is 3.50. The summed E-state index contributed by atoms with van der Waals surface area (Å²) in [6.45, 7) is 0.867. The van der Waals surface area contributed by atoms with Crippen LogP contribution in [0.2, 0.25) is 0 Å². The minimum atomic E-state index is 0.201. The van der Waals surface area contributed by atoms with Crippen molar-refractivity contribution in [3.63, 3.8) is 0 Å². The molecular formula is C16H23N3O. The molecular weight excluding hydrogens is 250 g/mol. The number of carbonyl (C=O) groups excluding carboxylic acids is 1. The van der Waals surface area contributed by atoms with Crippen molar-refractivity contribution >= 4 is 12.2 Å². The third kappa shape index (κ3) is 2.79. The molecule has 1 aliphatic carbocycles. The van der Waals surface area contributed by atoms with E-state index < -0.39 is 0 Å². The van der Waals surface area contributed by atoms with Crippen LogP contribution in [0.3, 0.4) is 0 Å². The number of carbonyl (C=O) groups is 1. The van der Waals surface area contributed by atoms with E-state index in [1.807, 2.05) is 17.2 Å². The number of rotatable bonds is 4. The second kappa shape index (κ2) is 6.25. The second-order valence-electron chi connectivity index (χ2n) is 5.92. The van der Waals surface area contributed by atoms with E-state index in [9.17, 15) is 4.79 Å². The van der Waals surface area contributed by atoms with Gasteiger partial charge in [0.2, 0.25) is 6.41 Å². The fraction of sp³-hybridized carbons (Fsp3) is 0.625. The van der Waals surface area contributed by atoms with E-state index in [1.165, 1.54) is 37.7 Å². The van der Waals surface area contributed by atoms with Crippen molar-refractivity contribution in [1.29, 1.82) is 0 Å². The van der Waals surface area contributed by atoms with Crippen molar-refractivity contribution in [3.8, 4) is 0 Å². The Balaban J connectivity index is 1.78. The van der Waals surface area contributed by atoms with Crippen molar-refractivity contribution in [3.05, 3.63) is 23.9 Å². The minimum absolute atomic E-state index is 0.201. The molecule has 2 heterocycles. The highest BCUT2D eigenvalue weighted by Crippen LogP contribution is 2.34. The van der Waals surface area contributed by atoms with Crippen LogP contribution in [0.15, 0.2) is 18.3 Å². The Bertz CT molecular complexity index is 457. The lowest BCUT2D eigenvalue weighted by Gasteiger charge is -2.27. The Morgan fingerprint density at radius 1 is 1.20 bits per heavy atom. The summed E-state index contributed by atoms with van der Waals surface area (Å²) >= 11 is 0. The molecule has 1 aromatic heterocycles. The van der Waals surface area contributed by atoms with Gasteiger partial charge in [0, 0.05) is 24.3 Å². The molecule has 2 aliphatic rings. The number of aromatic nitrogens is 1. The monoisotopic (exact) mass is 273 g/mol. The van der Waals surface area contributed by atoms with E-state index in [0.717, 1.165) is 31.6 Å². The molecule has 2 fully saturated rings. The Morgan fingerprint density at radius 2 is 2.05 bits per heavy atom. The van der Waals surface area contributed by atoms with Gasteiger partial charge in [-0.1, -0.05) is 25.3 Å². The quantitative estimate of drug-likeness (QED) is 0.857. The van der Waals surface area contributed by atoms with Crippen LogP contribution in [-0.4, -0.2) is 28.9 Å². The van der Waals surface area contributed by atoms with Crippen LogP contribution in [0.5, 0.6) is 0 Å². The van der Waals surface area contributed by atoms with Gasteiger partial charge in [0.15, 0.2) is 0 Å². The smallest absolute Gasteiger partial charge is 0.210 e. The maximum Gasteiger partial charge on any atom is 0.210 e. The van der Waals surface area contributed by atoms with Crippen LogP contribution in [0, 0.1) is 0 Å². The standard InChI is InChI=1S/C16H23N3O/c20-12-19-11-5-9-15(19)14-8-4-10-17-16(14)18-13-6-2-1-3-7-13/h4,8,10,12-13,15H,1-3,5-7,9,11H2,(H,17,18)/t15-/m1/s1. The average molecular weight is 273 g/mol. The molecule has 4 heteroatoms. The van der Waals surface area contributed by atoms with Crippen molar-refractivity contribution in [1.82, 2.24) is 9.88 Å². The number of hydrogen-bond donors (Lipinski definition) is 1. The Morgan fingerprint density at radius 3 is 2.85 bits per heavy atom. The van der Waals surface area contributed by atoms with E-state index in [1.54, 1.807) is 0 Å². The summed E-state index contributed by atoms with van der Waals surface area (Å²) < 4.78 is 0. The number of pyridine rings is 1. The number of nitrogens with zero attached hydrogens (tertiary/aromatic N) is 2. The van der Waals surface area contributed by atoms with Crippen LogP contribution in [0.4, 0.5) is 5.82 Å². The van der Waals surface area contributed by atoms with E-state index >= 15 is 0 Å². The summed E-state index contributed by atoms with van der Waals surface area (Å²) in [5.41, 5.74) is 1.18.